The zero-order valence-corrected chi connectivity index (χ0v) is 22.3. The molecule has 190 valence electrons. The van der Waals surface area contributed by atoms with Crippen molar-refractivity contribution in [3.63, 3.8) is 0 Å². The van der Waals surface area contributed by atoms with E-state index in [1.165, 1.54) is 0 Å². The summed E-state index contributed by atoms with van der Waals surface area (Å²) in [4.78, 5) is 18.7. The van der Waals surface area contributed by atoms with Gasteiger partial charge in [0.25, 0.3) is 5.56 Å². The smallest absolute Gasteiger partial charge is 0.399 e. The molecule has 1 aliphatic heterocycles. The Morgan fingerprint density at radius 2 is 1.45 bits per heavy atom. The van der Waals surface area contributed by atoms with Gasteiger partial charge in [-0.15, -0.1) is 5.10 Å². The van der Waals surface area contributed by atoms with E-state index in [9.17, 15) is 4.79 Å². The van der Waals surface area contributed by atoms with Crippen LogP contribution in [0.3, 0.4) is 0 Å². The van der Waals surface area contributed by atoms with Crippen molar-refractivity contribution in [3.05, 3.63) is 100 Å². The molecule has 0 amide bonds. The normalized spacial score (nSPS) is 16.3. The van der Waals surface area contributed by atoms with Crippen molar-refractivity contribution < 1.29 is 9.31 Å². The van der Waals surface area contributed by atoms with Crippen LogP contribution in [0, 0.1) is 0 Å². The van der Waals surface area contributed by atoms with Crippen LogP contribution in [0.25, 0.3) is 33.8 Å². The zero-order valence-electron chi connectivity index (χ0n) is 21.6. The van der Waals surface area contributed by atoms with E-state index in [1.807, 2.05) is 82.3 Å². The van der Waals surface area contributed by atoms with E-state index in [-0.39, 0.29) is 5.56 Å². The molecule has 1 fully saturated rings. The maximum absolute atomic E-state index is 13.9. The largest absolute Gasteiger partial charge is 0.494 e. The predicted molar refractivity (Wildman–Crippen MR) is 151 cm³/mol. The molecular weight excluding hydrogens is 499 g/mol. The zero-order chi connectivity index (χ0) is 26.7. The first-order valence-corrected chi connectivity index (χ1v) is 12.8. The molecule has 3 heterocycles. The number of hydrogen-bond donors (Lipinski definition) is 0. The molecule has 0 spiro atoms. The molecule has 5 aromatic rings. The quantitative estimate of drug-likeness (QED) is 0.303. The van der Waals surface area contributed by atoms with E-state index in [4.69, 9.17) is 25.9 Å². The number of benzene rings is 3. The molecule has 0 N–H and O–H groups in total. The molecule has 3 aromatic carbocycles. The van der Waals surface area contributed by atoms with E-state index in [0.29, 0.717) is 27.6 Å². The van der Waals surface area contributed by atoms with E-state index >= 15 is 0 Å². The summed E-state index contributed by atoms with van der Waals surface area (Å²) in [5.74, 6) is 0.476. The van der Waals surface area contributed by atoms with Crippen molar-refractivity contribution >= 4 is 35.2 Å². The number of hydrogen-bond acceptors (Lipinski definition) is 5. The molecule has 1 aliphatic rings. The fourth-order valence-electron chi connectivity index (χ4n) is 4.47. The first-order chi connectivity index (χ1) is 18.1. The van der Waals surface area contributed by atoms with Gasteiger partial charge in [-0.2, -0.15) is 0 Å². The van der Waals surface area contributed by atoms with Crippen LogP contribution in [0.5, 0.6) is 0 Å². The molecule has 2 aromatic heterocycles. The van der Waals surface area contributed by atoms with Gasteiger partial charge >= 0.3 is 7.12 Å². The highest BCUT2D eigenvalue weighted by Gasteiger charge is 2.51. The van der Waals surface area contributed by atoms with Crippen LogP contribution in [0.4, 0.5) is 0 Å². The topological polar surface area (TPSA) is 71.2 Å². The minimum absolute atomic E-state index is 0.218. The molecule has 38 heavy (non-hydrogen) atoms. The summed E-state index contributed by atoms with van der Waals surface area (Å²) in [5.41, 5.74) is 2.43. The second-order valence-electron chi connectivity index (χ2n) is 10.4. The molecule has 0 radical (unpaired) electrons. The van der Waals surface area contributed by atoms with Gasteiger partial charge < -0.3 is 9.31 Å². The molecule has 0 bridgehead atoms. The van der Waals surface area contributed by atoms with E-state index in [2.05, 4.69) is 5.10 Å². The lowest BCUT2D eigenvalue weighted by atomic mass is 9.79. The van der Waals surface area contributed by atoms with Crippen molar-refractivity contribution in [2.24, 2.45) is 0 Å². The maximum Gasteiger partial charge on any atom is 0.494 e. The Kier molecular flexibility index (Phi) is 5.79. The fourth-order valence-corrected chi connectivity index (χ4v) is 4.60. The van der Waals surface area contributed by atoms with Crippen molar-refractivity contribution in [1.29, 1.82) is 0 Å². The third kappa shape index (κ3) is 4.15. The molecule has 0 saturated carbocycles. The number of fused-ring (bicyclic) bond motifs is 1. The van der Waals surface area contributed by atoms with Crippen molar-refractivity contribution in [2.75, 3.05) is 0 Å². The van der Waals surface area contributed by atoms with Gasteiger partial charge in [0.2, 0.25) is 0 Å². The highest BCUT2D eigenvalue weighted by Crippen LogP contribution is 2.36. The van der Waals surface area contributed by atoms with Crippen molar-refractivity contribution in [2.45, 2.75) is 38.9 Å². The van der Waals surface area contributed by atoms with E-state index in [0.717, 1.165) is 16.7 Å². The number of nitrogens with zero attached hydrogens (tertiary/aromatic N) is 4. The fraction of sp³-hybridized carbons (Fsp3) is 0.207. The van der Waals surface area contributed by atoms with Crippen LogP contribution in [-0.4, -0.2) is 37.7 Å². The first-order valence-electron chi connectivity index (χ1n) is 12.4. The highest BCUT2D eigenvalue weighted by molar-refractivity contribution is 6.62. The second kappa shape index (κ2) is 8.94. The Morgan fingerprint density at radius 1 is 0.816 bits per heavy atom. The second-order valence-corrected chi connectivity index (χ2v) is 10.8. The summed E-state index contributed by atoms with van der Waals surface area (Å²) < 4.78 is 15.7. The number of halogens is 1. The minimum atomic E-state index is -0.482. The predicted octanol–water partition coefficient (Wildman–Crippen LogP) is 5.19. The van der Waals surface area contributed by atoms with Gasteiger partial charge in [-0.05, 0) is 69.6 Å². The van der Waals surface area contributed by atoms with E-state index < -0.39 is 18.3 Å². The molecule has 1 saturated heterocycles. The lowest BCUT2D eigenvalue weighted by molar-refractivity contribution is 0.00578. The average Bonchev–Trinajstić information content (AvgIpc) is 3.43. The Bertz CT molecular complexity index is 1680. The third-order valence-electron chi connectivity index (χ3n) is 7.35. The lowest BCUT2D eigenvalue weighted by Gasteiger charge is -2.32. The van der Waals surface area contributed by atoms with Crippen LogP contribution in [0.1, 0.15) is 27.7 Å². The maximum atomic E-state index is 13.9. The summed E-state index contributed by atoms with van der Waals surface area (Å²) >= 11 is 6.14. The monoisotopic (exact) mass is 524 g/mol. The highest BCUT2D eigenvalue weighted by atomic mass is 35.5. The van der Waals surface area contributed by atoms with Crippen molar-refractivity contribution in [3.8, 4) is 22.8 Å². The van der Waals surface area contributed by atoms with Gasteiger partial charge in [-0.1, -0.05) is 54.1 Å². The van der Waals surface area contributed by atoms with Gasteiger partial charge in [0.05, 0.1) is 22.6 Å². The van der Waals surface area contributed by atoms with Gasteiger partial charge in [-0.3, -0.25) is 9.36 Å². The molecule has 0 unspecified atom stereocenters. The van der Waals surface area contributed by atoms with Crippen LogP contribution < -0.4 is 11.0 Å². The minimum Gasteiger partial charge on any atom is -0.399 e. The summed E-state index contributed by atoms with van der Waals surface area (Å²) in [7, 11) is -0.482. The molecule has 0 atom stereocenters. The Balaban J connectivity index is 1.48. The molecule has 0 aliphatic carbocycles. The SMILES string of the molecule is CC1(C)OB(c2ccc(-c3nc4nn(-c5ccccc5)cc4c(=O)n3-c3ccc(Cl)cc3)cc2)OC1(C)C. The van der Waals surface area contributed by atoms with Crippen LogP contribution in [-0.2, 0) is 9.31 Å². The molecular formula is C29H26BClN4O3. The van der Waals surface area contributed by atoms with Gasteiger partial charge in [0.15, 0.2) is 5.65 Å². The Morgan fingerprint density at radius 3 is 2.08 bits per heavy atom. The van der Waals surface area contributed by atoms with Gasteiger partial charge in [0, 0.05) is 16.8 Å². The van der Waals surface area contributed by atoms with Gasteiger partial charge in [0.1, 0.15) is 11.2 Å². The molecule has 9 heteroatoms. The van der Waals surface area contributed by atoms with Crippen molar-refractivity contribution in [1.82, 2.24) is 19.3 Å². The van der Waals surface area contributed by atoms with Crippen LogP contribution in [0.2, 0.25) is 5.02 Å². The number of para-hydroxylation sites is 1. The summed E-state index contributed by atoms with van der Waals surface area (Å²) in [6.45, 7) is 8.11. The standard InChI is InChI=1S/C29H26BClN4O3/c1-28(2)29(3,4)38-30(37-28)20-12-10-19(11-13-20)26-32-25-24(18-34(33-25)22-8-6-5-7-9-22)27(36)35(26)23-16-14-21(31)15-17-23/h5-18H,1-4H3. The third-order valence-corrected chi connectivity index (χ3v) is 7.60. The van der Waals surface area contributed by atoms with Crippen LogP contribution in [0.15, 0.2) is 89.9 Å². The average molecular weight is 525 g/mol. The summed E-state index contributed by atoms with van der Waals surface area (Å²) in [5, 5.41) is 5.62. The lowest BCUT2D eigenvalue weighted by Crippen LogP contribution is -2.41. The van der Waals surface area contributed by atoms with Gasteiger partial charge in [-0.25, -0.2) is 9.67 Å². The first kappa shape index (κ1) is 24.6. The van der Waals surface area contributed by atoms with E-state index in [1.54, 1.807) is 39.7 Å². The number of rotatable bonds is 4. The Hall–Kier alpha value is -3.72. The molecule has 7 nitrogen and oxygen atoms in total. The summed E-state index contributed by atoms with van der Waals surface area (Å²) in [6, 6.07) is 24.5. The summed E-state index contributed by atoms with van der Waals surface area (Å²) in [6.07, 6.45) is 1.72. The van der Waals surface area contributed by atoms with Crippen LogP contribution >= 0.6 is 11.6 Å². The Labute approximate surface area is 225 Å². The number of aromatic nitrogens is 4. The molecule has 6 rings (SSSR count).